The molecule has 1 fully saturated rings. The molecule has 5 rings (SSSR count). The molecule has 1 saturated heterocycles. The summed E-state index contributed by atoms with van der Waals surface area (Å²) in [7, 11) is 1.95. The van der Waals surface area contributed by atoms with Crippen LogP contribution in [0.5, 0.6) is 11.5 Å². The van der Waals surface area contributed by atoms with Gasteiger partial charge < -0.3 is 43.2 Å². The minimum absolute atomic E-state index is 0.0270. The fourth-order valence-corrected chi connectivity index (χ4v) is 7.41. The molecule has 14 heteroatoms. The molecule has 0 saturated carbocycles. The summed E-state index contributed by atoms with van der Waals surface area (Å²) in [5.74, 6) is -3.04. The Kier molecular flexibility index (Phi) is 10.0. The summed E-state index contributed by atoms with van der Waals surface area (Å²) in [6.07, 6.45) is -2.43. The summed E-state index contributed by atoms with van der Waals surface area (Å²) in [5.41, 5.74) is -2.44. The Balaban J connectivity index is 1.43. The molecule has 1 spiro atoms. The zero-order valence-electron chi connectivity index (χ0n) is 29.9. The molecule has 2 aliphatic carbocycles. The zero-order chi connectivity index (χ0) is 36.8. The van der Waals surface area contributed by atoms with Gasteiger partial charge in [0.05, 0.1) is 36.9 Å². The molecule has 14 nitrogen and oxygen atoms in total. The number of carbonyl (C=O) groups is 5. The maximum atomic E-state index is 13.7. The minimum atomic E-state index is -1.71. The summed E-state index contributed by atoms with van der Waals surface area (Å²) >= 11 is 0. The van der Waals surface area contributed by atoms with Gasteiger partial charge in [-0.2, -0.15) is 0 Å². The van der Waals surface area contributed by atoms with Gasteiger partial charge in [-0.05, 0) is 92.6 Å². The number of carbonyl (C=O) groups excluding carboxylic acids is 5. The first-order valence-electron chi connectivity index (χ1n) is 16.9. The highest BCUT2D eigenvalue weighted by Crippen LogP contribution is 2.65. The van der Waals surface area contributed by atoms with Crippen LogP contribution in [-0.4, -0.2) is 95.3 Å². The monoisotopic (exact) mass is 701 g/mol. The summed E-state index contributed by atoms with van der Waals surface area (Å²) in [6, 6.07) is 3.16. The van der Waals surface area contributed by atoms with Gasteiger partial charge >= 0.3 is 30.0 Å². The van der Waals surface area contributed by atoms with E-state index in [0.717, 1.165) is 5.56 Å². The molecule has 4 aliphatic rings. The lowest BCUT2D eigenvalue weighted by atomic mass is 9.50. The Hall–Kier alpha value is -4.17. The number of piperidine rings is 1. The molecule has 1 aromatic rings. The molecule has 2 heterocycles. The van der Waals surface area contributed by atoms with Crippen LogP contribution in [0.15, 0.2) is 24.0 Å². The van der Waals surface area contributed by atoms with Crippen molar-refractivity contribution in [2.24, 2.45) is 0 Å². The van der Waals surface area contributed by atoms with Gasteiger partial charge in [0.25, 0.3) is 0 Å². The Bertz CT molecular complexity index is 1590. The van der Waals surface area contributed by atoms with Crippen LogP contribution in [-0.2, 0) is 54.7 Å². The number of hydrogen-bond donors (Lipinski definition) is 1. The Morgan fingerprint density at radius 2 is 1.66 bits per heavy atom. The second-order valence-electron chi connectivity index (χ2n) is 15.1. The Morgan fingerprint density at radius 3 is 2.32 bits per heavy atom. The molecular formula is C36H47NO13. The van der Waals surface area contributed by atoms with Crippen LogP contribution >= 0.6 is 0 Å². The molecule has 50 heavy (non-hydrogen) atoms. The van der Waals surface area contributed by atoms with E-state index in [1.54, 1.807) is 60.6 Å². The largest absolute Gasteiger partial charge is 0.514 e. The van der Waals surface area contributed by atoms with Crippen LogP contribution in [0.25, 0.3) is 0 Å². The average molecular weight is 702 g/mol. The van der Waals surface area contributed by atoms with Crippen molar-refractivity contribution in [3.05, 3.63) is 35.1 Å². The van der Waals surface area contributed by atoms with Crippen LogP contribution < -0.4 is 9.47 Å². The second-order valence-corrected chi connectivity index (χ2v) is 15.1. The van der Waals surface area contributed by atoms with Crippen molar-refractivity contribution >= 4 is 30.0 Å². The quantitative estimate of drug-likeness (QED) is 0.212. The number of aliphatic hydroxyl groups is 1. The van der Waals surface area contributed by atoms with E-state index in [0.29, 0.717) is 24.9 Å². The first-order chi connectivity index (χ1) is 23.3. The van der Waals surface area contributed by atoms with Gasteiger partial charge in [-0.1, -0.05) is 6.07 Å². The van der Waals surface area contributed by atoms with Crippen molar-refractivity contribution in [3.63, 3.8) is 0 Å². The van der Waals surface area contributed by atoms with E-state index < -0.39 is 77.3 Å². The van der Waals surface area contributed by atoms with Crippen molar-refractivity contribution in [1.82, 2.24) is 4.90 Å². The number of rotatable bonds is 10. The van der Waals surface area contributed by atoms with Crippen molar-refractivity contribution in [1.29, 1.82) is 0 Å². The van der Waals surface area contributed by atoms with Crippen molar-refractivity contribution in [3.8, 4) is 11.5 Å². The second kappa shape index (κ2) is 13.5. The first kappa shape index (κ1) is 37.1. The maximum absolute atomic E-state index is 13.7. The Morgan fingerprint density at radius 1 is 0.980 bits per heavy atom. The molecule has 0 radical (unpaired) electrons. The molecule has 5 atom stereocenters. The summed E-state index contributed by atoms with van der Waals surface area (Å²) in [5, 5.41) is 12.5. The molecule has 274 valence electrons. The summed E-state index contributed by atoms with van der Waals surface area (Å²) in [4.78, 5) is 66.0. The zero-order valence-corrected chi connectivity index (χ0v) is 29.9. The van der Waals surface area contributed by atoms with Crippen LogP contribution in [0, 0.1) is 0 Å². The molecular weight excluding hydrogens is 654 g/mol. The minimum Gasteiger partial charge on any atom is -0.477 e. The molecule has 0 aromatic heterocycles. The van der Waals surface area contributed by atoms with Gasteiger partial charge in [-0.3, -0.25) is 14.4 Å². The number of hydrogen-bond acceptors (Lipinski definition) is 14. The number of nitrogens with zero attached hydrogens (tertiary/aromatic N) is 1. The van der Waals surface area contributed by atoms with E-state index in [4.69, 9.17) is 33.2 Å². The summed E-state index contributed by atoms with van der Waals surface area (Å²) in [6.45, 7) is 12.4. The fraction of sp³-hybridized carbons (Fsp3) is 0.639. The Labute approximate surface area is 291 Å². The number of likely N-dealkylation sites (N-methyl/N-ethyl adjacent to an activating group) is 1. The van der Waals surface area contributed by atoms with Crippen LogP contribution in [0.4, 0.5) is 4.79 Å². The fourth-order valence-electron chi connectivity index (χ4n) is 7.41. The van der Waals surface area contributed by atoms with E-state index in [-0.39, 0.29) is 42.7 Å². The predicted octanol–water partition coefficient (Wildman–Crippen LogP) is 3.81. The lowest BCUT2D eigenvalue weighted by Gasteiger charge is -2.61. The molecule has 0 unspecified atom stereocenters. The van der Waals surface area contributed by atoms with Gasteiger partial charge in [0.1, 0.15) is 17.0 Å². The van der Waals surface area contributed by atoms with Gasteiger partial charge in [-0.15, -0.1) is 0 Å². The van der Waals surface area contributed by atoms with E-state index in [2.05, 4.69) is 4.90 Å². The number of likely N-dealkylation sites (tertiary alicyclic amines) is 1. The van der Waals surface area contributed by atoms with E-state index in [1.807, 2.05) is 13.1 Å². The maximum Gasteiger partial charge on any atom is 0.514 e. The molecule has 2 aliphatic heterocycles. The van der Waals surface area contributed by atoms with Gasteiger partial charge in [0.2, 0.25) is 6.10 Å². The smallest absolute Gasteiger partial charge is 0.477 e. The van der Waals surface area contributed by atoms with Gasteiger partial charge in [0.15, 0.2) is 17.6 Å². The topological polar surface area (TPSA) is 173 Å². The predicted molar refractivity (Wildman–Crippen MR) is 174 cm³/mol. The highest BCUT2D eigenvalue weighted by atomic mass is 16.7. The highest BCUT2D eigenvalue weighted by Gasteiger charge is 2.72. The third-order valence-electron chi connectivity index (χ3n) is 9.29. The standard InChI is InChI=1S/C36H47NO13/c1-9-44-27(40)19-23(45-25(38)12-13-26(39)49-33(2,3)4)31(41)46-22-14-15-36(43)24-18-20-10-11-21(47-32(42)50-34(5,6)7)29-28(20)35(36,30(22)48-29)16-17-37(24)8/h10-11,14,23-24,30,43H,9,12-13,15-19H2,1-8H3/t23-,24-,30-,35-,36+/m0/s1. The van der Waals surface area contributed by atoms with E-state index in [9.17, 15) is 29.1 Å². The van der Waals surface area contributed by atoms with E-state index >= 15 is 0 Å². The third-order valence-corrected chi connectivity index (χ3v) is 9.29. The number of ether oxygens (including phenoxy) is 7. The lowest BCUT2D eigenvalue weighted by Crippen LogP contribution is -2.74. The van der Waals surface area contributed by atoms with Crippen molar-refractivity contribution in [2.45, 2.75) is 127 Å². The normalized spacial score (nSPS) is 25.6. The first-order valence-corrected chi connectivity index (χ1v) is 16.9. The lowest BCUT2D eigenvalue weighted by molar-refractivity contribution is -0.178. The SMILES string of the molecule is CCOC(=O)C[C@H](OC(=O)CCC(=O)OC(C)(C)C)C(=O)OC1=CC[C@@]2(O)[C@@H]3Cc4ccc(OC(=O)OC(C)(C)C)c5c4[C@@]2(CCN3C)[C@H]1O5. The molecule has 1 N–H and O–H groups in total. The van der Waals surface area contributed by atoms with Crippen molar-refractivity contribution < 1.29 is 62.2 Å². The number of benzene rings is 1. The van der Waals surface area contributed by atoms with Crippen molar-refractivity contribution in [2.75, 3.05) is 20.2 Å². The molecule has 0 amide bonds. The van der Waals surface area contributed by atoms with E-state index in [1.165, 1.54) is 0 Å². The van der Waals surface area contributed by atoms with Gasteiger partial charge in [0, 0.05) is 18.0 Å². The number of esters is 4. The molecule has 1 aromatic carbocycles. The van der Waals surface area contributed by atoms with Crippen LogP contribution in [0.2, 0.25) is 0 Å². The average Bonchev–Trinajstić information content (AvgIpc) is 3.34. The summed E-state index contributed by atoms with van der Waals surface area (Å²) < 4.78 is 39.0. The highest BCUT2D eigenvalue weighted by molar-refractivity contribution is 5.86. The third kappa shape index (κ3) is 7.18. The van der Waals surface area contributed by atoms with Gasteiger partial charge in [-0.25, -0.2) is 9.59 Å². The molecule has 2 bridgehead atoms. The van der Waals surface area contributed by atoms with Crippen LogP contribution in [0.3, 0.4) is 0 Å². The van der Waals surface area contributed by atoms with Crippen LogP contribution in [0.1, 0.15) is 91.7 Å².